The number of nitrogens with two attached hydrogens (primary N) is 1. The average Bonchev–Trinajstić information content (AvgIpc) is 2.59. The van der Waals surface area contributed by atoms with E-state index in [4.69, 9.17) is 10.5 Å². The highest BCUT2D eigenvalue weighted by atomic mass is 16.5. The van der Waals surface area contributed by atoms with Crippen molar-refractivity contribution in [3.8, 4) is 0 Å². The summed E-state index contributed by atoms with van der Waals surface area (Å²) in [6, 6.07) is 8.99. The molecule has 3 nitrogen and oxygen atoms in total. The van der Waals surface area contributed by atoms with Crippen LogP contribution in [0.3, 0.4) is 0 Å². The summed E-state index contributed by atoms with van der Waals surface area (Å²) in [5.74, 6) is 0. The predicted molar refractivity (Wildman–Crippen MR) is 70.0 cm³/mol. The smallest absolute Gasteiger partial charge is 0.0593 e. The minimum absolute atomic E-state index is 0.330. The minimum Gasteiger partial charge on any atom is -0.380 e. The molecule has 1 heterocycles. The number of ether oxygens (including phenoxy) is 1. The molecular formula is C14H22N2O. The van der Waals surface area contributed by atoms with Crippen LogP contribution in [0.25, 0.3) is 0 Å². The zero-order valence-electron chi connectivity index (χ0n) is 10.6. The van der Waals surface area contributed by atoms with E-state index in [0.717, 1.165) is 32.7 Å². The maximum Gasteiger partial charge on any atom is 0.0593 e. The molecule has 0 amide bonds. The van der Waals surface area contributed by atoms with Gasteiger partial charge in [0.25, 0.3) is 0 Å². The van der Waals surface area contributed by atoms with Gasteiger partial charge in [0.2, 0.25) is 0 Å². The summed E-state index contributed by atoms with van der Waals surface area (Å²) in [5.41, 5.74) is 8.58. The Morgan fingerprint density at radius 2 is 2.24 bits per heavy atom. The molecule has 1 atom stereocenters. The second-order valence-corrected chi connectivity index (χ2v) is 4.67. The van der Waals surface area contributed by atoms with E-state index in [9.17, 15) is 0 Å². The monoisotopic (exact) mass is 234 g/mol. The highest BCUT2D eigenvalue weighted by Gasteiger charge is 2.20. The number of rotatable bonds is 3. The van der Waals surface area contributed by atoms with E-state index >= 15 is 0 Å². The Morgan fingerprint density at radius 3 is 3.00 bits per heavy atom. The third-order valence-electron chi connectivity index (χ3n) is 3.35. The highest BCUT2D eigenvalue weighted by molar-refractivity contribution is 5.25. The first-order valence-electron chi connectivity index (χ1n) is 6.39. The van der Waals surface area contributed by atoms with Gasteiger partial charge < -0.3 is 10.5 Å². The second kappa shape index (κ2) is 6.15. The van der Waals surface area contributed by atoms with Crippen LogP contribution in [-0.2, 0) is 4.74 Å². The van der Waals surface area contributed by atoms with Crippen molar-refractivity contribution in [2.75, 3.05) is 32.8 Å². The van der Waals surface area contributed by atoms with E-state index in [2.05, 4.69) is 36.1 Å². The molecule has 1 aliphatic heterocycles. The van der Waals surface area contributed by atoms with E-state index in [-0.39, 0.29) is 0 Å². The molecule has 0 aromatic heterocycles. The van der Waals surface area contributed by atoms with E-state index in [1.165, 1.54) is 11.1 Å². The number of benzene rings is 1. The van der Waals surface area contributed by atoms with Crippen LogP contribution in [0.2, 0.25) is 0 Å². The molecule has 1 saturated heterocycles. The molecule has 0 radical (unpaired) electrons. The SMILES string of the molecule is Cc1cccc(C(CN)N2CCCOCC2)c1. The fourth-order valence-corrected chi connectivity index (χ4v) is 2.45. The van der Waals surface area contributed by atoms with E-state index in [1.807, 2.05) is 0 Å². The molecule has 0 spiro atoms. The summed E-state index contributed by atoms with van der Waals surface area (Å²) in [6.07, 6.45) is 1.10. The van der Waals surface area contributed by atoms with Crippen molar-refractivity contribution < 1.29 is 4.74 Å². The van der Waals surface area contributed by atoms with E-state index in [0.29, 0.717) is 12.6 Å². The first-order chi connectivity index (χ1) is 8.31. The van der Waals surface area contributed by atoms with Gasteiger partial charge in [-0.2, -0.15) is 0 Å². The van der Waals surface area contributed by atoms with Crippen molar-refractivity contribution >= 4 is 0 Å². The topological polar surface area (TPSA) is 38.5 Å². The quantitative estimate of drug-likeness (QED) is 0.865. The first-order valence-corrected chi connectivity index (χ1v) is 6.39. The molecule has 2 rings (SSSR count). The molecular weight excluding hydrogens is 212 g/mol. The van der Waals surface area contributed by atoms with Crippen molar-refractivity contribution in [1.82, 2.24) is 4.90 Å². The zero-order chi connectivity index (χ0) is 12.1. The first kappa shape index (κ1) is 12.6. The lowest BCUT2D eigenvalue weighted by atomic mass is 10.0. The van der Waals surface area contributed by atoms with Crippen molar-refractivity contribution in [2.45, 2.75) is 19.4 Å². The lowest BCUT2D eigenvalue weighted by molar-refractivity contribution is 0.132. The van der Waals surface area contributed by atoms with Gasteiger partial charge in [0.05, 0.1) is 6.61 Å². The van der Waals surface area contributed by atoms with Gasteiger partial charge in [0.1, 0.15) is 0 Å². The number of hydrogen-bond donors (Lipinski definition) is 1. The van der Waals surface area contributed by atoms with E-state index in [1.54, 1.807) is 0 Å². The Kier molecular flexibility index (Phi) is 4.54. The lowest BCUT2D eigenvalue weighted by Gasteiger charge is -2.29. The van der Waals surface area contributed by atoms with Crippen LogP contribution in [0.5, 0.6) is 0 Å². The zero-order valence-corrected chi connectivity index (χ0v) is 10.6. The van der Waals surface area contributed by atoms with Crippen molar-refractivity contribution in [1.29, 1.82) is 0 Å². The van der Waals surface area contributed by atoms with Gasteiger partial charge in [-0.1, -0.05) is 29.8 Å². The lowest BCUT2D eigenvalue weighted by Crippen LogP contribution is -2.35. The molecule has 2 N–H and O–H groups in total. The molecule has 1 aliphatic rings. The van der Waals surface area contributed by atoms with Crippen molar-refractivity contribution in [3.05, 3.63) is 35.4 Å². The fourth-order valence-electron chi connectivity index (χ4n) is 2.45. The summed E-state index contributed by atoms with van der Waals surface area (Å²) < 4.78 is 5.50. The van der Waals surface area contributed by atoms with Crippen LogP contribution < -0.4 is 5.73 Å². The highest BCUT2D eigenvalue weighted by Crippen LogP contribution is 2.21. The number of nitrogens with zero attached hydrogens (tertiary/aromatic N) is 1. The summed E-state index contributed by atoms with van der Waals surface area (Å²) in [5, 5.41) is 0. The van der Waals surface area contributed by atoms with Crippen LogP contribution in [0.4, 0.5) is 0 Å². The van der Waals surface area contributed by atoms with Crippen LogP contribution in [-0.4, -0.2) is 37.7 Å². The van der Waals surface area contributed by atoms with Crippen LogP contribution >= 0.6 is 0 Å². The van der Waals surface area contributed by atoms with Gasteiger partial charge in [-0.3, -0.25) is 4.90 Å². The van der Waals surface area contributed by atoms with Gasteiger partial charge in [-0.25, -0.2) is 0 Å². The summed E-state index contributed by atoms with van der Waals surface area (Å²) in [7, 11) is 0. The van der Waals surface area contributed by atoms with Gasteiger partial charge in [0, 0.05) is 32.3 Å². The normalized spacial score (nSPS) is 19.9. The number of aryl methyl sites for hydroxylation is 1. The maximum atomic E-state index is 5.95. The molecule has 0 aliphatic carbocycles. The Morgan fingerprint density at radius 1 is 1.35 bits per heavy atom. The average molecular weight is 234 g/mol. The van der Waals surface area contributed by atoms with Crippen LogP contribution in [0, 0.1) is 6.92 Å². The van der Waals surface area contributed by atoms with Gasteiger partial charge in [0.15, 0.2) is 0 Å². The molecule has 0 bridgehead atoms. The third kappa shape index (κ3) is 3.28. The fraction of sp³-hybridized carbons (Fsp3) is 0.571. The Balaban J connectivity index is 2.14. The molecule has 1 fully saturated rings. The maximum absolute atomic E-state index is 5.95. The van der Waals surface area contributed by atoms with Gasteiger partial charge in [-0.05, 0) is 18.9 Å². The molecule has 1 aromatic rings. The van der Waals surface area contributed by atoms with Gasteiger partial charge >= 0.3 is 0 Å². The molecule has 3 heteroatoms. The molecule has 1 unspecified atom stereocenters. The number of hydrogen-bond acceptors (Lipinski definition) is 3. The summed E-state index contributed by atoms with van der Waals surface area (Å²) in [6.45, 7) is 6.56. The van der Waals surface area contributed by atoms with Crippen LogP contribution in [0.15, 0.2) is 24.3 Å². The summed E-state index contributed by atoms with van der Waals surface area (Å²) in [4.78, 5) is 2.45. The predicted octanol–water partition coefficient (Wildman–Crippen LogP) is 1.72. The van der Waals surface area contributed by atoms with Gasteiger partial charge in [-0.15, -0.1) is 0 Å². The molecule has 17 heavy (non-hydrogen) atoms. The Labute approximate surface area is 104 Å². The Hall–Kier alpha value is -0.900. The minimum atomic E-state index is 0.330. The van der Waals surface area contributed by atoms with Crippen LogP contribution in [0.1, 0.15) is 23.6 Å². The third-order valence-corrected chi connectivity index (χ3v) is 3.35. The standard InChI is InChI=1S/C14H22N2O/c1-12-4-2-5-13(10-12)14(11-15)16-6-3-8-17-9-7-16/h2,4-5,10,14H,3,6-9,11,15H2,1H3. The molecule has 94 valence electrons. The van der Waals surface area contributed by atoms with Crippen molar-refractivity contribution in [3.63, 3.8) is 0 Å². The van der Waals surface area contributed by atoms with E-state index < -0.39 is 0 Å². The summed E-state index contributed by atoms with van der Waals surface area (Å²) >= 11 is 0. The van der Waals surface area contributed by atoms with Crippen molar-refractivity contribution in [2.24, 2.45) is 5.73 Å². The second-order valence-electron chi connectivity index (χ2n) is 4.67. The largest absolute Gasteiger partial charge is 0.380 e. The Bertz CT molecular complexity index is 346. The molecule has 1 aromatic carbocycles. The molecule has 0 saturated carbocycles.